The van der Waals surface area contributed by atoms with Crippen LogP contribution in [0.15, 0.2) is 65.7 Å². The average molecular weight is 820 g/mol. The number of ether oxygens (including phenoxy) is 5. The molecule has 0 unspecified atom stereocenters. The number of alkyl carbamates (subject to hydrolysis) is 1. The Bertz CT molecular complexity index is 2110. The molecule has 5 aliphatic rings. The third-order valence-electron chi connectivity index (χ3n) is 13.5. The molecule has 11 atom stereocenters. The van der Waals surface area contributed by atoms with E-state index in [1.165, 1.54) is 26.0 Å². The van der Waals surface area contributed by atoms with E-state index in [4.69, 9.17) is 23.7 Å². The predicted octanol–water partition coefficient (Wildman–Crippen LogP) is 3.19. The van der Waals surface area contributed by atoms with Crippen molar-refractivity contribution >= 4 is 29.8 Å². The van der Waals surface area contributed by atoms with Crippen molar-refractivity contribution in [3.63, 3.8) is 0 Å². The number of esters is 3. The van der Waals surface area contributed by atoms with Gasteiger partial charge >= 0.3 is 24.0 Å². The highest BCUT2D eigenvalue weighted by atomic mass is 16.6. The zero-order valence-corrected chi connectivity index (χ0v) is 34.4. The van der Waals surface area contributed by atoms with Crippen molar-refractivity contribution < 1.29 is 68.1 Å². The number of Topliss-reactive ketones (excluding diaryl/α,β-unsaturated/α-hetero) is 1. The largest absolute Gasteiger partial charge is 0.456 e. The van der Waals surface area contributed by atoms with Gasteiger partial charge < -0.3 is 49.4 Å². The van der Waals surface area contributed by atoms with Crippen molar-refractivity contribution in [1.29, 1.82) is 0 Å². The highest BCUT2D eigenvalue weighted by Gasteiger charge is 2.78. The number of amides is 1. The molecule has 15 nitrogen and oxygen atoms in total. The lowest BCUT2D eigenvalue weighted by Crippen LogP contribution is -2.81. The van der Waals surface area contributed by atoms with Crippen LogP contribution in [0, 0.1) is 16.7 Å². The van der Waals surface area contributed by atoms with Crippen LogP contribution >= 0.6 is 0 Å². The minimum absolute atomic E-state index is 0.0552. The van der Waals surface area contributed by atoms with Gasteiger partial charge in [-0.3, -0.25) is 9.59 Å². The molecule has 4 aliphatic carbocycles. The molecule has 0 radical (unpaired) electrons. The maximum Gasteiger partial charge on any atom is 0.408 e. The summed E-state index contributed by atoms with van der Waals surface area (Å²) in [6, 6.07) is 13.3. The van der Waals surface area contributed by atoms with Gasteiger partial charge in [0, 0.05) is 31.6 Å². The van der Waals surface area contributed by atoms with E-state index >= 15 is 4.79 Å². The number of rotatable bonds is 6. The van der Waals surface area contributed by atoms with Crippen LogP contribution in [-0.4, -0.2) is 110 Å². The number of carbonyl (C=O) groups is 5. The van der Waals surface area contributed by atoms with Gasteiger partial charge in [-0.1, -0.05) is 56.3 Å². The van der Waals surface area contributed by atoms with Gasteiger partial charge in [0.2, 0.25) is 0 Å². The molecule has 2 aromatic rings. The summed E-state index contributed by atoms with van der Waals surface area (Å²) in [6.45, 7) is 11.9. The van der Waals surface area contributed by atoms with Crippen molar-refractivity contribution in [2.24, 2.45) is 16.7 Å². The van der Waals surface area contributed by atoms with Gasteiger partial charge in [0.25, 0.3) is 0 Å². The summed E-state index contributed by atoms with van der Waals surface area (Å²) in [6.07, 6.45) is -9.68. The summed E-state index contributed by atoms with van der Waals surface area (Å²) < 4.78 is 29.8. The third kappa shape index (κ3) is 6.47. The van der Waals surface area contributed by atoms with Crippen molar-refractivity contribution in [3.8, 4) is 0 Å². The maximum absolute atomic E-state index is 15.0. The maximum atomic E-state index is 15.0. The van der Waals surface area contributed by atoms with E-state index in [1.54, 1.807) is 77.1 Å². The Hall–Kier alpha value is -4.67. The van der Waals surface area contributed by atoms with Crippen LogP contribution in [0.3, 0.4) is 0 Å². The molecule has 1 saturated heterocycles. The molecule has 5 N–H and O–H groups in total. The molecule has 2 aromatic carbocycles. The summed E-state index contributed by atoms with van der Waals surface area (Å²) in [5.74, 6) is -5.30. The lowest BCUT2D eigenvalue weighted by atomic mass is 9.44. The van der Waals surface area contributed by atoms with Crippen LogP contribution in [0.1, 0.15) is 95.8 Å². The van der Waals surface area contributed by atoms with Crippen molar-refractivity contribution in [2.75, 3.05) is 6.61 Å². The number of fused-ring (bicyclic) bond motifs is 6. The normalized spacial score (nSPS) is 36.9. The molecule has 15 heteroatoms. The summed E-state index contributed by atoms with van der Waals surface area (Å²) >= 11 is 0. The Morgan fingerprint density at radius 2 is 1.58 bits per heavy atom. The van der Waals surface area contributed by atoms with Gasteiger partial charge in [0.05, 0.1) is 35.6 Å². The molecule has 0 spiro atoms. The van der Waals surface area contributed by atoms with Crippen LogP contribution < -0.4 is 5.32 Å². The smallest absolute Gasteiger partial charge is 0.408 e. The molecule has 318 valence electrons. The molecule has 59 heavy (non-hydrogen) atoms. The number of nitrogens with one attached hydrogen (secondary N) is 1. The van der Waals surface area contributed by atoms with Crippen LogP contribution in [0.4, 0.5) is 4.79 Å². The minimum atomic E-state index is -2.40. The SMILES string of the molecule is CC(=O)O[C@@]12CO[C@@H]1C[C@H](O)[C@@]1(C)C(=O)[C@H](O)C3=C(C)[C@@H](OC(=O)[C@@]4(O)Cc5ccccc5[C@@H]4NC(=O)OC(C)(C)C)C[C@@](O)([C@@H](OC(=O)c4ccccc4)[C@H]21)C3(C)C. The van der Waals surface area contributed by atoms with Crippen molar-refractivity contribution in [3.05, 3.63) is 82.4 Å². The number of ketones is 1. The highest BCUT2D eigenvalue weighted by molar-refractivity contribution is 5.94. The van der Waals surface area contributed by atoms with Crippen molar-refractivity contribution in [2.45, 2.75) is 134 Å². The van der Waals surface area contributed by atoms with E-state index in [1.807, 2.05) is 0 Å². The van der Waals surface area contributed by atoms with Crippen LogP contribution in [0.2, 0.25) is 0 Å². The topological polar surface area (TPSA) is 224 Å². The Morgan fingerprint density at radius 1 is 0.932 bits per heavy atom. The van der Waals surface area contributed by atoms with Crippen LogP contribution in [0.25, 0.3) is 0 Å². The number of benzene rings is 2. The Balaban J connectivity index is 1.37. The third-order valence-corrected chi connectivity index (χ3v) is 13.5. The number of hydrogen-bond donors (Lipinski definition) is 5. The molecular weight excluding hydrogens is 766 g/mol. The van der Waals surface area contributed by atoms with Crippen molar-refractivity contribution in [1.82, 2.24) is 5.32 Å². The first-order chi connectivity index (χ1) is 27.4. The van der Waals surface area contributed by atoms with Gasteiger partial charge in [0.15, 0.2) is 17.0 Å². The molecule has 0 aromatic heterocycles. The van der Waals surface area contributed by atoms with E-state index in [0.29, 0.717) is 11.1 Å². The first-order valence-electron chi connectivity index (χ1n) is 19.8. The second-order valence-corrected chi connectivity index (χ2v) is 18.4. The van der Waals surface area contributed by atoms with E-state index in [0.717, 1.165) is 6.92 Å². The number of aliphatic hydroxyl groups excluding tert-OH is 2. The van der Waals surface area contributed by atoms with Crippen LogP contribution in [0.5, 0.6) is 0 Å². The highest BCUT2D eigenvalue weighted by Crippen LogP contribution is 2.64. The fraction of sp³-hybridized carbons (Fsp3) is 0.568. The summed E-state index contributed by atoms with van der Waals surface area (Å²) in [7, 11) is 0. The Kier molecular flexibility index (Phi) is 10.2. The summed E-state index contributed by atoms with van der Waals surface area (Å²) in [4.78, 5) is 69.7. The predicted molar refractivity (Wildman–Crippen MR) is 206 cm³/mol. The quantitative estimate of drug-likeness (QED) is 0.161. The number of carbonyl (C=O) groups excluding carboxylic acids is 5. The lowest BCUT2D eigenvalue weighted by Gasteiger charge is -2.67. The fourth-order valence-corrected chi connectivity index (χ4v) is 10.4. The van der Waals surface area contributed by atoms with E-state index in [2.05, 4.69) is 5.32 Å². The lowest BCUT2D eigenvalue weighted by molar-refractivity contribution is -0.346. The number of aliphatic hydroxyl groups is 4. The van der Waals surface area contributed by atoms with E-state index in [9.17, 15) is 39.6 Å². The molecule has 2 saturated carbocycles. The molecular formula is C44H53NO14. The van der Waals surface area contributed by atoms with Gasteiger partial charge in [-0.2, -0.15) is 0 Å². The Labute approximate surface area is 342 Å². The summed E-state index contributed by atoms with van der Waals surface area (Å²) in [5.41, 5.74) is -9.86. The first kappa shape index (κ1) is 42.5. The van der Waals surface area contributed by atoms with Gasteiger partial charge in [-0.25, -0.2) is 14.4 Å². The Morgan fingerprint density at radius 3 is 2.19 bits per heavy atom. The zero-order chi connectivity index (χ0) is 43.2. The molecule has 1 aliphatic heterocycles. The van der Waals surface area contributed by atoms with Gasteiger partial charge in [-0.05, 0) is 69.0 Å². The zero-order valence-electron chi connectivity index (χ0n) is 34.4. The minimum Gasteiger partial charge on any atom is -0.456 e. The second kappa shape index (κ2) is 14.2. The monoisotopic (exact) mass is 819 g/mol. The molecule has 2 bridgehead atoms. The van der Waals surface area contributed by atoms with E-state index in [-0.39, 0.29) is 36.2 Å². The van der Waals surface area contributed by atoms with Gasteiger partial charge in [-0.15, -0.1) is 0 Å². The van der Waals surface area contributed by atoms with Crippen LogP contribution in [-0.2, 0) is 44.5 Å². The molecule has 1 amide bonds. The second-order valence-electron chi connectivity index (χ2n) is 18.4. The average Bonchev–Trinajstić information content (AvgIpc) is 3.44. The standard InChI is InChI=1S/C44H53NO14/c1-22-27(56-37(51)42(53)19-25-16-12-13-17-26(25)33(42)45-38(52)59-39(3,4)5)20-44(54)35(57-36(50)24-14-10-9-11-15-24)32-41(8,34(49)31(48)30(22)40(44,6)7)28(47)18-29-43(32,21-55-29)58-23(2)46/h9-17,27-29,31-33,35,47-48,53-54H,18-21H2,1-8H3,(H,45,52)/t27-,28-,29+,31+,32-,33-,35-,41+,42+,43-,44+/m0/s1. The van der Waals surface area contributed by atoms with Gasteiger partial charge in [0.1, 0.15) is 35.6 Å². The number of hydrogen-bond acceptors (Lipinski definition) is 14. The summed E-state index contributed by atoms with van der Waals surface area (Å²) in [5, 5.41) is 52.6. The van der Waals surface area contributed by atoms with E-state index < -0.39 is 112 Å². The molecule has 3 fully saturated rings. The molecule has 1 heterocycles. The first-order valence-corrected chi connectivity index (χ1v) is 19.8. The fourth-order valence-electron chi connectivity index (χ4n) is 10.4. The molecule has 7 rings (SSSR count).